The smallest absolute Gasteiger partial charge is 0.320 e. The molecule has 2 rings (SSSR count). The monoisotopic (exact) mass is 184 g/mol. The summed E-state index contributed by atoms with van der Waals surface area (Å²) in [4.78, 5) is 13.2. The van der Waals surface area contributed by atoms with Gasteiger partial charge in [-0.15, -0.1) is 0 Å². The average molecular weight is 184 g/mol. The molecule has 0 bridgehead atoms. The van der Waals surface area contributed by atoms with Gasteiger partial charge in [0.25, 0.3) is 0 Å². The average Bonchev–Trinajstić information content (AvgIpc) is 2.44. The summed E-state index contributed by atoms with van der Waals surface area (Å²) in [7, 11) is 0. The Morgan fingerprint density at radius 2 is 2.23 bits per heavy atom. The fraction of sp³-hybridized carbons (Fsp3) is 0.889. The fourth-order valence-corrected chi connectivity index (χ4v) is 2.31. The van der Waals surface area contributed by atoms with Crippen molar-refractivity contribution in [3.63, 3.8) is 0 Å². The van der Waals surface area contributed by atoms with Gasteiger partial charge in [-0.05, 0) is 25.8 Å². The first-order chi connectivity index (χ1) is 6.27. The lowest BCUT2D eigenvalue weighted by molar-refractivity contribution is -0.139. The lowest BCUT2D eigenvalue weighted by atomic mass is 10.2. The molecule has 0 saturated carbocycles. The maximum absolute atomic E-state index is 10.7. The highest BCUT2D eigenvalue weighted by Crippen LogP contribution is 2.19. The van der Waals surface area contributed by atoms with Gasteiger partial charge in [-0.2, -0.15) is 0 Å². The van der Waals surface area contributed by atoms with E-state index in [1.807, 2.05) is 0 Å². The van der Waals surface area contributed by atoms with Crippen molar-refractivity contribution in [2.45, 2.75) is 31.3 Å². The second-order valence-corrected chi connectivity index (χ2v) is 3.92. The zero-order valence-electron chi connectivity index (χ0n) is 7.70. The number of carbonyl (C=O) groups is 1. The highest BCUT2D eigenvalue weighted by atomic mass is 16.4. The first-order valence-corrected chi connectivity index (χ1v) is 4.97. The van der Waals surface area contributed by atoms with Gasteiger partial charge in [-0.25, -0.2) is 0 Å². The van der Waals surface area contributed by atoms with Crippen molar-refractivity contribution in [1.82, 2.24) is 10.2 Å². The third-order valence-corrected chi connectivity index (χ3v) is 3.10. The van der Waals surface area contributed by atoms with E-state index >= 15 is 0 Å². The summed E-state index contributed by atoms with van der Waals surface area (Å²) in [6.07, 6.45) is 3.23. The Kier molecular flexibility index (Phi) is 2.51. The van der Waals surface area contributed by atoms with E-state index in [4.69, 9.17) is 5.11 Å². The first-order valence-electron chi connectivity index (χ1n) is 4.97. The molecular weight excluding hydrogens is 168 g/mol. The summed E-state index contributed by atoms with van der Waals surface area (Å²) >= 11 is 0. The summed E-state index contributed by atoms with van der Waals surface area (Å²) in [5, 5.41) is 12.0. The number of hydrogen-bond acceptors (Lipinski definition) is 3. The predicted molar refractivity (Wildman–Crippen MR) is 48.6 cm³/mol. The number of carboxylic acid groups (broad SMARTS) is 1. The van der Waals surface area contributed by atoms with Gasteiger partial charge >= 0.3 is 5.97 Å². The van der Waals surface area contributed by atoms with E-state index in [0.717, 1.165) is 26.1 Å². The van der Waals surface area contributed by atoms with E-state index < -0.39 is 5.97 Å². The third-order valence-electron chi connectivity index (χ3n) is 3.10. The Bertz CT molecular complexity index is 194. The molecule has 2 saturated heterocycles. The minimum atomic E-state index is -0.707. The molecule has 0 spiro atoms. The van der Waals surface area contributed by atoms with Crippen LogP contribution in [0.25, 0.3) is 0 Å². The molecule has 0 amide bonds. The van der Waals surface area contributed by atoms with Crippen LogP contribution in [0.15, 0.2) is 0 Å². The number of rotatable bonds is 1. The molecule has 4 heteroatoms. The maximum Gasteiger partial charge on any atom is 0.320 e. The predicted octanol–water partition coefficient (Wildman–Crippen LogP) is -0.103. The molecule has 0 aliphatic carbocycles. The van der Waals surface area contributed by atoms with Crippen LogP contribution in [-0.2, 0) is 4.79 Å². The van der Waals surface area contributed by atoms with E-state index in [9.17, 15) is 4.79 Å². The van der Waals surface area contributed by atoms with Crippen molar-refractivity contribution in [2.24, 2.45) is 0 Å². The molecule has 0 aromatic carbocycles. The standard InChI is InChI=1S/C9H16N2O2/c12-9(13)8-3-5-11-4-1-2-7(11)6-10-8/h7-8,10H,1-6H2,(H,12,13). The number of carboxylic acids is 1. The summed E-state index contributed by atoms with van der Waals surface area (Å²) in [6, 6.07) is 0.259. The number of nitrogens with zero attached hydrogens (tertiary/aromatic N) is 1. The highest BCUT2D eigenvalue weighted by molar-refractivity contribution is 5.73. The molecule has 2 aliphatic heterocycles. The lowest BCUT2D eigenvalue weighted by Crippen LogP contribution is -2.39. The van der Waals surface area contributed by atoms with Crippen LogP contribution in [0.1, 0.15) is 19.3 Å². The molecule has 74 valence electrons. The minimum Gasteiger partial charge on any atom is -0.480 e. The van der Waals surface area contributed by atoms with Crippen molar-refractivity contribution in [3.8, 4) is 0 Å². The highest BCUT2D eigenvalue weighted by Gasteiger charge is 2.30. The Balaban J connectivity index is 1.95. The number of hydrogen-bond donors (Lipinski definition) is 2. The molecule has 2 N–H and O–H groups in total. The fourth-order valence-electron chi connectivity index (χ4n) is 2.31. The van der Waals surface area contributed by atoms with E-state index in [0.29, 0.717) is 6.04 Å². The number of aliphatic carboxylic acids is 1. The molecule has 2 atom stereocenters. The van der Waals surface area contributed by atoms with Crippen LogP contribution in [0.3, 0.4) is 0 Å². The second-order valence-electron chi connectivity index (χ2n) is 3.92. The van der Waals surface area contributed by atoms with Crippen LogP contribution in [0, 0.1) is 0 Å². The quantitative estimate of drug-likeness (QED) is 0.597. The molecule has 2 aliphatic rings. The first kappa shape index (κ1) is 8.97. The van der Waals surface area contributed by atoms with E-state index in [1.54, 1.807) is 0 Å². The van der Waals surface area contributed by atoms with Gasteiger partial charge in [-0.1, -0.05) is 0 Å². The molecule has 13 heavy (non-hydrogen) atoms. The Labute approximate surface area is 77.9 Å². The summed E-state index contributed by atoms with van der Waals surface area (Å²) in [5.41, 5.74) is 0. The zero-order chi connectivity index (χ0) is 9.26. The molecule has 4 nitrogen and oxygen atoms in total. The van der Waals surface area contributed by atoms with E-state index in [-0.39, 0.29) is 6.04 Å². The van der Waals surface area contributed by atoms with Crippen LogP contribution in [-0.4, -0.2) is 47.7 Å². The Morgan fingerprint density at radius 1 is 1.38 bits per heavy atom. The molecule has 2 unspecified atom stereocenters. The topological polar surface area (TPSA) is 52.6 Å². The Hall–Kier alpha value is -0.610. The molecular formula is C9H16N2O2. The van der Waals surface area contributed by atoms with Crippen LogP contribution >= 0.6 is 0 Å². The van der Waals surface area contributed by atoms with Crippen LogP contribution in [0.5, 0.6) is 0 Å². The second kappa shape index (κ2) is 3.64. The van der Waals surface area contributed by atoms with Crippen molar-refractivity contribution in [1.29, 1.82) is 0 Å². The minimum absolute atomic E-state index is 0.328. The van der Waals surface area contributed by atoms with Gasteiger partial charge in [-0.3, -0.25) is 9.69 Å². The SMILES string of the molecule is O=C(O)C1CCN2CCCC2CN1. The lowest BCUT2D eigenvalue weighted by Gasteiger charge is -2.19. The van der Waals surface area contributed by atoms with Gasteiger partial charge in [0.15, 0.2) is 0 Å². The van der Waals surface area contributed by atoms with Gasteiger partial charge in [0.2, 0.25) is 0 Å². The molecule has 2 fully saturated rings. The van der Waals surface area contributed by atoms with Crippen LogP contribution in [0.4, 0.5) is 0 Å². The van der Waals surface area contributed by atoms with Crippen molar-refractivity contribution in [2.75, 3.05) is 19.6 Å². The largest absolute Gasteiger partial charge is 0.480 e. The zero-order valence-corrected chi connectivity index (χ0v) is 7.70. The summed E-state index contributed by atoms with van der Waals surface area (Å²) < 4.78 is 0. The van der Waals surface area contributed by atoms with E-state index in [1.165, 1.54) is 12.8 Å². The van der Waals surface area contributed by atoms with Crippen LogP contribution in [0.2, 0.25) is 0 Å². The van der Waals surface area contributed by atoms with Gasteiger partial charge in [0.05, 0.1) is 0 Å². The molecule has 0 aromatic rings. The van der Waals surface area contributed by atoms with E-state index in [2.05, 4.69) is 10.2 Å². The van der Waals surface area contributed by atoms with Gasteiger partial charge in [0.1, 0.15) is 6.04 Å². The third kappa shape index (κ3) is 1.84. The number of nitrogens with one attached hydrogen (secondary N) is 1. The van der Waals surface area contributed by atoms with Crippen molar-refractivity contribution in [3.05, 3.63) is 0 Å². The number of fused-ring (bicyclic) bond motifs is 1. The maximum atomic E-state index is 10.7. The summed E-state index contributed by atoms with van der Waals surface area (Å²) in [6.45, 7) is 2.93. The molecule has 2 heterocycles. The van der Waals surface area contributed by atoms with Crippen LogP contribution < -0.4 is 5.32 Å². The molecule has 0 radical (unpaired) electrons. The van der Waals surface area contributed by atoms with Gasteiger partial charge < -0.3 is 10.4 Å². The summed E-state index contributed by atoms with van der Waals surface area (Å²) in [5.74, 6) is -0.707. The normalized spacial score (nSPS) is 35.4. The Morgan fingerprint density at radius 3 is 3.00 bits per heavy atom. The molecule has 0 aromatic heterocycles. The van der Waals surface area contributed by atoms with Gasteiger partial charge in [0, 0.05) is 19.1 Å². The van der Waals surface area contributed by atoms with Crippen molar-refractivity contribution >= 4 is 5.97 Å². The van der Waals surface area contributed by atoms with Crippen molar-refractivity contribution < 1.29 is 9.90 Å².